The number of esters is 1. The molecule has 4 rings (SSSR count). The van der Waals surface area contributed by atoms with E-state index >= 15 is 0 Å². The molecule has 6 nitrogen and oxygen atoms in total. The third-order valence-corrected chi connectivity index (χ3v) is 6.54. The smallest absolute Gasteiger partial charge is 0.343 e. The maximum Gasteiger partial charge on any atom is 0.343 e. The minimum Gasteiger partial charge on any atom is -0.493 e. The van der Waals surface area contributed by atoms with E-state index in [4.69, 9.17) is 32.7 Å². The Labute approximate surface area is 210 Å². The van der Waals surface area contributed by atoms with Gasteiger partial charge in [0.25, 0.3) is 11.1 Å². The fourth-order valence-corrected chi connectivity index (χ4v) is 4.36. The Bertz CT molecular complexity index is 1310. The molecule has 1 heterocycles. The lowest BCUT2D eigenvalue weighted by Crippen LogP contribution is -2.27. The minimum atomic E-state index is -0.544. The van der Waals surface area contributed by atoms with Crippen molar-refractivity contribution in [3.63, 3.8) is 0 Å². The van der Waals surface area contributed by atoms with Crippen molar-refractivity contribution in [1.82, 2.24) is 4.90 Å². The molecule has 0 aromatic heterocycles. The van der Waals surface area contributed by atoms with Gasteiger partial charge in [0.15, 0.2) is 11.5 Å². The predicted octanol–water partition coefficient (Wildman–Crippen LogP) is 6.46. The Morgan fingerprint density at radius 3 is 2.44 bits per heavy atom. The second-order valence-electron chi connectivity index (χ2n) is 7.18. The summed E-state index contributed by atoms with van der Waals surface area (Å²) in [4.78, 5) is 39.2. The van der Waals surface area contributed by atoms with Crippen molar-refractivity contribution in [2.75, 3.05) is 7.11 Å². The molecule has 2 amide bonds. The van der Waals surface area contributed by atoms with E-state index in [0.717, 1.165) is 16.7 Å². The van der Waals surface area contributed by atoms with Crippen LogP contribution in [0.2, 0.25) is 10.0 Å². The monoisotopic (exact) mass is 513 g/mol. The SMILES string of the molecule is COc1ccc(/C=C2\SC(=O)N(Cc3ccc(Cl)c(Cl)c3)C2=O)cc1OC(=O)c1ccccc1. The van der Waals surface area contributed by atoms with Gasteiger partial charge in [-0.1, -0.05) is 53.5 Å². The van der Waals surface area contributed by atoms with Crippen molar-refractivity contribution in [1.29, 1.82) is 0 Å². The number of hydrogen-bond acceptors (Lipinski definition) is 6. The third-order valence-electron chi connectivity index (χ3n) is 4.90. The molecule has 172 valence electrons. The molecule has 1 aliphatic rings. The van der Waals surface area contributed by atoms with Crippen LogP contribution in [0.15, 0.2) is 71.6 Å². The van der Waals surface area contributed by atoms with Crippen LogP contribution in [-0.2, 0) is 11.3 Å². The number of thioether (sulfide) groups is 1. The number of nitrogens with zero attached hydrogens (tertiary/aromatic N) is 1. The van der Waals surface area contributed by atoms with Crippen molar-refractivity contribution in [3.8, 4) is 11.5 Å². The van der Waals surface area contributed by atoms with E-state index in [1.807, 2.05) is 0 Å². The van der Waals surface area contributed by atoms with E-state index < -0.39 is 17.1 Å². The molecule has 0 N–H and O–H groups in total. The zero-order chi connectivity index (χ0) is 24.2. The Morgan fingerprint density at radius 2 is 1.74 bits per heavy atom. The number of halogens is 2. The number of rotatable bonds is 6. The molecule has 0 bridgehead atoms. The number of carbonyl (C=O) groups is 3. The lowest BCUT2D eigenvalue weighted by atomic mass is 10.1. The molecule has 1 saturated heterocycles. The molecule has 34 heavy (non-hydrogen) atoms. The second kappa shape index (κ2) is 10.3. The molecule has 0 aliphatic carbocycles. The first kappa shape index (κ1) is 23.9. The van der Waals surface area contributed by atoms with Crippen LogP contribution in [0.4, 0.5) is 4.79 Å². The van der Waals surface area contributed by atoms with Gasteiger partial charge >= 0.3 is 5.97 Å². The summed E-state index contributed by atoms with van der Waals surface area (Å²) >= 11 is 12.8. The highest BCUT2D eigenvalue weighted by Crippen LogP contribution is 2.36. The first-order chi connectivity index (χ1) is 16.4. The van der Waals surface area contributed by atoms with Crippen LogP contribution in [0.3, 0.4) is 0 Å². The summed E-state index contributed by atoms with van der Waals surface area (Å²) in [7, 11) is 1.46. The molecule has 3 aromatic carbocycles. The molecule has 9 heteroatoms. The number of ether oxygens (including phenoxy) is 2. The molecule has 1 aliphatic heterocycles. The summed E-state index contributed by atoms with van der Waals surface area (Å²) < 4.78 is 10.8. The van der Waals surface area contributed by atoms with Crippen LogP contribution >= 0.6 is 35.0 Å². The average molecular weight is 514 g/mol. The molecule has 0 saturated carbocycles. The van der Waals surface area contributed by atoms with Crippen molar-refractivity contribution < 1.29 is 23.9 Å². The molecule has 0 atom stereocenters. The van der Waals surface area contributed by atoms with Gasteiger partial charge in [-0.15, -0.1) is 0 Å². The van der Waals surface area contributed by atoms with Gasteiger partial charge in [-0.3, -0.25) is 14.5 Å². The summed E-state index contributed by atoms with van der Waals surface area (Å²) in [5, 5.41) is 0.340. The highest BCUT2D eigenvalue weighted by molar-refractivity contribution is 8.18. The molecule has 0 spiro atoms. The van der Waals surface area contributed by atoms with Gasteiger partial charge in [0, 0.05) is 0 Å². The quantitative estimate of drug-likeness (QED) is 0.214. The van der Waals surface area contributed by atoms with Gasteiger partial charge in [-0.2, -0.15) is 0 Å². The number of benzene rings is 3. The zero-order valence-electron chi connectivity index (χ0n) is 17.8. The van der Waals surface area contributed by atoms with Crippen LogP contribution in [0.1, 0.15) is 21.5 Å². The van der Waals surface area contributed by atoms with Crippen molar-refractivity contribution >= 4 is 58.2 Å². The molecule has 1 fully saturated rings. The third kappa shape index (κ3) is 5.28. The van der Waals surface area contributed by atoms with E-state index in [-0.39, 0.29) is 17.2 Å². The Morgan fingerprint density at radius 1 is 0.971 bits per heavy atom. The van der Waals surface area contributed by atoms with Crippen LogP contribution in [0.25, 0.3) is 6.08 Å². The fraction of sp³-hybridized carbons (Fsp3) is 0.0800. The van der Waals surface area contributed by atoms with Crippen molar-refractivity contribution in [3.05, 3.63) is 98.4 Å². The summed E-state index contributed by atoms with van der Waals surface area (Å²) in [6, 6.07) is 18.4. The van der Waals surface area contributed by atoms with E-state index in [2.05, 4.69) is 0 Å². The van der Waals surface area contributed by atoms with Crippen molar-refractivity contribution in [2.24, 2.45) is 0 Å². The normalized spacial score (nSPS) is 14.6. The molecular formula is C25H17Cl2NO5S. The lowest BCUT2D eigenvalue weighted by molar-refractivity contribution is -0.123. The first-order valence-electron chi connectivity index (χ1n) is 10.0. The van der Waals surface area contributed by atoms with Gasteiger partial charge in [0.05, 0.1) is 34.2 Å². The number of imide groups is 1. The molecule has 3 aromatic rings. The highest BCUT2D eigenvalue weighted by atomic mass is 35.5. The van der Waals surface area contributed by atoms with Gasteiger partial charge in [0.2, 0.25) is 0 Å². The van der Waals surface area contributed by atoms with Gasteiger partial charge in [-0.25, -0.2) is 4.79 Å². The zero-order valence-corrected chi connectivity index (χ0v) is 20.1. The number of hydrogen-bond donors (Lipinski definition) is 0. The van der Waals surface area contributed by atoms with Crippen LogP contribution in [0, 0.1) is 0 Å². The first-order valence-corrected chi connectivity index (χ1v) is 11.6. The van der Waals surface area contributed by atoms with E-state index in [0.29, 0.717) is 32.5 Å². The van der Waals surface area contributed by atoms with Crippen LogP contribution < -0.4 is 9.47 Å². The van der Waals surface area contributed by atoms with Gasteiger partial charge < -0.3 is 9.47 Å². The number of methoxy groups -OCH3 is 1. The average Bonchev–Trinajstić information content (AvgIpc) is 3.09. The standard InChI is InChI=1S/C25H17Cl2NO5S/c1-32-20-10-8-15(12-21(20)33-24(30)17-5-3-2-4-6-17)13-22-23(29)28(25(31)34-22)14-16-7-9-18(26)19(27)11-16/h2-13H,14H2,1H3/b22-13-. The topological polar surface area (TPSA) is 72.9 Å². The Balaban J connectivity index is 1.55. The highest BCUT2D eigenvalue weighted by Gasteiger charge is 2.35. The number of carbonyl (C=O) groups excluding carboxylic acids is 3. The van der Waals surface area contributed by atoms with Crippen molar-refractivity contribution in [2.45, 2.75) is 6.54 Å². The molecule has 0 radical (unpaired) electrons. The van der Waals surface area contributed by atoms with E-state index in [1.54, 1.807) is 72.8 Å². The van der Waals surface area contributed by atoms with E-state index in [1.165, 1.54) is 7.11 Å². The minimum absolute atomic E-state index is 0.0709. The second-order valence-corrected chi connectivity index (χ2v) is 8.99. The summed E-state index contributed by atoms with van der Waals surface area (Å²) in [6.45, 7) is 0.0709. The van der Waals surface area contributed by atoms with Gasteiger partial charge in [-0.05, 0) is 65.4 Å². The van der Waals surface area contributed by atoms with Crippen LogP contribution in [0.5, 0.6) is 11.5 Å². The van der Waals surface area contributed by atoms with E-state index in [9.17, 15) is 14.4 Å². The maximum atomic E-state index is 12.9. The summed E-state index contributed by atoms with van der Waals surface area (Å²) in [5.41, 5.74) is 1.63. The lowest BCUT2D eigenvalue weighted by Gasteiger charge is -2.13. The molecule has 0 unspecified atom stereocenters. The fourth-order valence-electron chi connectivity index (χ4n) is 3.20. The summed E-state index contributed by atoms with van der Waals surface area (Å²) in [5.74, 6) is -0.424. The Hall–Kier alpha value is -3.26. The Kier molecular flexibility index (Phi) is 7.26. The van der Waals surface area contributed by atoms with Crippen LogP contribution in [-0.4, -0.2) is 29.1 Å². The van der Waals surface area contributed by atoms with Gasteiger partial charge in [0.1, 0.15) is 0 Å². The molecular weight excluding hydrogens is 497 g/mol. The maximum absolute atomic E-state index is 12.9. The predicted molar refractivity (Wildman–Crippen MR) is 132 cm³/mol. The number of amides is 2. The largest absolute Gasteiger partial charge is 0.493 e. The summed E-state index contributed by atoms with van der Waals surface area (Å²) in [6.07, 6.45) is 1.57.